The van der Waals surface area contributed by atoms with Crippen LogP contribution in [0.4, 0.5) is 4.39 Å². The Hall–Kier alpha value is -1.03. The molecule has 0 aromatic carbocycles. The predicted octanol–water partition coefficient (Wildman–Crippen LogP) is 1.05. The summed E-state index contributed by atoms with van der Waals surface area (Å²) in [5.41, 5.74) is 5.67. The van der Waals surface area contributed by atoms with Gasteiger partial charge in [0, 0.05) is 18.2 Å². The van der Waals surface area contributed by atoms with E-state index in [0.29, 0.717) is 5.56 Å². The molecule has 1 aromatic heterocycles. The second-order valence-electron chi connectivity index (χ2n) is 2.10. The molecule has 0 amide bonds. The Bertz CT molecular complexity index is 275. The largest absolute Gasteiger partial charge is 0.393 e. The predicted molar refractivity (Wildman–Crippen MR) is 44.7 cm³/mol. The highest BCUT2D eigenvalue weighted by atomic mass is 32.1. The monoisotopic (exact) mass is 170 g/mol. The summed E-state index contributed by atoms with van der Waals surface area (Å²) in [7, 11) is 0. The topological polar surface area (TPSA) is 38.9 Å². The number of rotatable bonds is 2. The van der Waals surface area contributed by atoms with Crippen LogP contribution in [-0.2, 0) is 6.42 Å². The number of halogens is 1. The molecule has 2 nitrogen and oxygen atoms in total. The fraction of sp³-hybridized carbons (Fsp3) is 0.143. The Balaban J connectivity index is 2.86. The Morgan fingerprint density at radius 2 is 2.45 bits per heavy atom. The first-order chi connectivity index (χ1) is 5.20. The van der Waals surface area contributed by atoms with Gasteiger partial charge in [0.1, 0.15) is 0 Å². The minimum Gasteiger partial charge on any atom is -0.393 e. The lowest BCUT2D eigenvalue weighted by Crippen LogP contribution is -2.12. The molecule has 0 aliphatic rings. The van der Waals surface area contributed by atoms with Crippen LogP contribution < -0.4 is 5.73 Å². The first kappa shape index (κ1) is 8.07. The van der Waals surface area contributed by atoms with E-state index in [9.17, 15) is 4.39 Å². The first-order valence-corrected chi connectivity index (χ1v) is 3.48. The maximum Gasteiger partial charge on any atom is 0.216 e. The third kappa shape index (κ3) is 2.23. The number of hydrogen-bond donors (Lipinski definition) is 1. The second-order valence-corrected chi connectivity index (χ2v) is 2.62. The lowest BCUT2D eigenvalue weighted by atomic mass is 10.2. The molecular weight excluding hydrogens is 163 g/mol. The highest BCUT2D eigenvalue weighted by Crippen LogP contribution is 2.03. The van der Waals surface area contributed by atoms with E-state index in [2.05, 4.69) is 17.2 Å². The number of thiocarbonyl (C=S) groups is 1. The van der Waals surface area contributed by atoms with E-state index in [1.807, 2.05) is 0 Å². The Labute approximate surface area is 69.2 Å². The van der Waals surface area contributed by atoms with Crippen LogP contribution >= 0.6 is 12.2 Å². The van der Waals surface area contributed by atoms with E-state index < -0.39 is 5.95 Å². The maximum atomic E-state index is 12.7. The average Bonchev–Trinajstić information content (AvgIpc) is 1.93. The van der Waals surface area contributed by atoms with Gasteiger partial charge in [-0.05, 0) is 6.07 Å². The van der Waals surface area contributed by atoms with Crippen molar-refractivity contribution in [3.63, 3.8) is 0 Å². The van der Waals surface area contributed by atoms with Crippen LogP contribution in [0.1, 0.15) is 5.56 Å². The van der Waals surface area contributed by atoms with Gasteiger partial charge in [0.05, 0.1) is 4.99 Å². The number of nitrogens with zero attached hydrogens (tertiary/aromatic N) is 1. The molecule has 1 aromatic rings. The fourth-order valence-corrected chi connectivity index (χ4v) is 0.894. The first-order valence-electron chi connectivity index (χ1n) is 3.08. The van der Waals surface area contributed by atoms with Gasteiger partial charge in [-0.15, -0.1) is 0 Å². The zero-order valence-electron chi connectivity index (χ0n) is 5.75. The van der Waals surface area contributed by atoms with Crippen molar-refractivity contribution in [2.24, 2.45) is 5.73 Å². The molecule has 0 saturated carbocycles. The third-order valence-corrected chi connectivity index (χ3v) is 1.35. The molecule has 1 heterocycles. The van der Waals surface area contributed by atoms with Crippen molar-refractivity contribution in [2.75, 3.05) is 0 Å². The summed E-state index contributed by atoms with van der Waals surface area (Å²) in [6, 6.07) is 3.26. The summed E-state index contributed by atoms with van der Waals surface area (Å²) >= 11 is 4.62. The molecule has 2 N–H and O–H groups in total. The van der Waals surface area contributed by atoms with E-state index in [0.717, 1.165) is 0 Å². The molecule has 58 valence electrons. The highest BCUT2D eigenvalue weighted by Gasteiger charge is 2.01. The van der Waals surface area contributed by atoms with Crippen LogP contribution in [0.5, 0.6) is 0 Å². The molecule has 11 heavy (non-hydrogen) atoms. The minimum atomic E-state index is -0.500. The van der Waals surface area contributed by atoms with Gasteiger partial charge < -0.3 is 5.73 Å². The van der Waals surface area contributed by atoms with Crippen molar-refractivity contribution in [1.29, 1.82) is 0 Å². The summed E-state index contributed by atoms with van der Waals surface area (Å²) in [5.74, 6) is -0.500. The van der Waals surface area contributed by atoms with Crippen molar-refractivity contribution >= 4 is 17.2 Å². The summed E-state index contributed by atoms with van der Waals surface area (Å²) < 4.78 is 12.7. The zero-order valence-corrected chi connectivity index (χ0v) is 6.57. The van der Waals surface area contributed by atoms with E-state index in [-0.39, 0.29) is 11.4 Å². The van der Waals surface area contributed by atoms with Gasteiger partial charge in [0.25, 0.3) is 0 Å². The molecule has 0 fully saturated rings. The van der Waals surface area contributed by atoms with Gasteiger partial charge in [0.2, 0.25) is 5.95 Å². The van der Waals surface area contributed by atoms with Crippen LogP contribution in [0.25, 0.3) is 0 Å². The quantitative estimate of drug-likeness (QED) is 0.532. The van der Waals surface area contributed by atoms with E-state index in [1.54, 1.807) is 12.1 Å². The molecular formula is C7H7FN2S. The second kappa shape index (κ2) is 3.39. The van der Waals surface area contributed by atoms with Crippen LogP contribution in [0.2, 0.25) is 0 Å². The fourth-order valence-electron chi connectivity index (χ4n) is 0.739. The van der Waals surface area contributed by atoms with Crippen LogP contribution in [-0.4, -0.2) is 9.97 Å². The number of hydrogen-bond acceptors (Lipinski definition) is 2. The van der Waals surface area contributed by atoms with Crippen molar-refractivity contribution in [3.8, 4) is 0 Å². The van der Waals surface area contributed by atoms with Crippen LogP contribution in [0, 0.1) is 5.95 Å². The van der Waals surface area contributed by atoms with Gasteiger partial charge in [-0.1, -0.05) is 18.3 Å². The molecule has 0 radical (unpaired) electrons. The number of pyridine rings is 1. The van der Waals surface area contributed by atoms with Crippen LogP contribution in [0.3, 0.4) is 0 Å². The molecule has 0 aliphatic carbocycles. The lowest BCUT2D eigenvalue weighted by Gasteiger charge is -1.98. The number of nitrogens with two attached hydrogens (primary N) is 1. The van der Waals surface area contributed by atoms with E-state index >= 15 is 0 Å². The Kier molecular flexibility index (Phi) is 2.48. The molecule has 0 bridgehead atoms. The van der Waals surface area contributed by atoms with Crippen molar-refractivity contribution in [1.82, 2.24) is 4.98 Å². The van der Waals surface area contributed by atoms with Gasteiger partial charge >= 0.3 is 0 Å². The van der Waals surface area contributed by atoms with Crippen LogP contribution in [0.15, 0.2) is 18.3 Å². The van der Waals surface area contributed by atoms with Gasteiger partial charge in [-0.3, -0.25) is 0 Å². The Morgan fingerprint density at radius 3 is 3.00 bits per heavy atom. The van der Waals surface area contributed by atoms with Crippen molar-refractivity contribution < 1.29 is 4.39 Å². The molecule has 1 rings (SSSR count). The standard InChI is InChI=1S/C7H7FN2S/c8-7-5(4-6(9)11)2-1-3-10-7/h1-3H,4H2,(H2,9,11). The molecule has 0 saturated heterocycles. The summed E-state index contributed by atoms with van der Waals surface area (Å²) in [6.45, 7) is 0. The maximum absolute atomic E-state index is 12.7. The molecule has 4 heteroatoms. The minimum absolute atomic E-state index is 0.273. The molecule has 0 spiro atoms. The normalized spacial score (nSPS) is 9.55. The molecule has 0 unspecified atom stereocenters. The van der Waals surface area contributed by atoms with Gasteiger partial charge in [0.15, 0.2) is 0 Å². The smallest absolute Gasteiger partial charge is 0.216 e. The zero-order chi connectivity index (χ0) is 8.27. The number of aromatic nitrogens is 1. The average molecular weight is 170 g/mol. The molecule has 0 atom stereocenters. The summed E-state index contributed by atoms with van der Waals surface area (Å²) in [4.78, 5) is 3.73. The van der Waals surface area contributed by atoms with Gasteiger partial charge in [-0.2, -0.15) is 4.39 Å². The highest BCUT2D eigenvalue weighted by molar-refractivity contribution is 7.80. The SMILES string of the molecule is NC(=S)Cc1cccnc1F. The lowest BCUT2D eigenvalue weighted by molar-refractivity contribution is 0.572. The van der Waals surface area contributed by atoms with E-state index in [4.69, 9.17) is 5.73 Å². The Morgan fingerprint density at radius 1 is 1.73 bits per heavy atom. The van der Waals surface area contributed by atoms with E-state index in [1.165, 1.54) is 6.20 Å². The molecule has 0 aliphatic heterocycles. The summed E-state index contributed by atoms with van der Waals surface area (Å²) in [6.07, 6.45) is 1.66. The third-order valence-electron chi connectivity index (χ3n) is 1.20. The van der Waals surface area contributed by atoms with Crippen molar-refractivity contribution in [3.05, 3.63) is 29.8 Å². The van der Waals surface area contributed by atoms with Gasteiger partial charge in [-0.25, -0.2) is 4.98 Å². The summed E-state index contributed by atoms with van der Waals surface area (Å²) in [5, 5.41) is 0. The van der Waals surface area contributed by atoms with Crippen molar-refractivity contribution in [2.45, 2.75) is 6.42 Å².